The third-order valence-electron chi connectivity index (χ3n) is 3.79. The van der Waals surface area contributed by atoms with Crippen LogP contribution in [0.2, 0.25) is 0 Å². The van der Waals surface area contributed by atoms with Gasteiger partial charge in [-0.05, 0) is 31.0 Å². The van der Waals surface area contributed by atoms with Gasteiger partial charge in [-0.15, -0.1) is 0 Å². The summed E-state index contributed by atoms with van der Waals surface area (Å²) in [5.41, 5.74) is 0.944. The van der Waals surface area contributed by atoms with Gasteiger partial charge in [-0.2, -0.15) is 0 Å². The Hall–Kier alpha value is -2.04. The monoisotopic (exact) mass is 320 g/mol. The fourth-order valence-electron chi connectivity index (χ4n) is 2.29. The highest BCUT2D eigenvalue weighted by Crippen LogP contribution is 2.16. The third kappa shape index (κ3) is 5.93. The maximum Gasteiger partial charge on any atom is 0.242 e. The summed E-state index contributed by atoms with van der Waals surface area (Å²) in [6.07, 6.45) is 2.34. The van der Waals surface area contributed by atoms with Crippen molar-refractivity contribution in [3.05, 3.63) is 29.8 Å². The largest absolute Gasteiger partial charge is 0.497 e. The Morgan fingerprint density at radius 2 is 2.04 bits per heavy atom. The Labute approximate surface area is 139 Å². The number of carbonyl (C=O) groups is 2. The Morgan fingerprint density at radius 1 is 1.30 bits per heavy atom. The van der Waals surface area contributed by atoms with Gasteiger partial charge in [0.1, 0.15) is 11.8 Å². The number of hydrogen-bond donors (Lipinski definition) is 1. The molecule has 0 radical (unpaired) electrons. The van der Waals surface area contributed by atoms with Gasteiger partial charge in [0.25, 0.3) is 0 Å². The van der Waals surface area contributed by atoms with E-state index in [1.165, 1.54) is 0 Å². The highest BCUT2D eigenvalue weighted by Gasteiger charge is 2.24. The molecule has 0 saturated carbocycles. The van der Waals surface area contributed by atoms with Crippen molar-refractivity contribution in [2.45, 2.75) is 52.6 Å². The fraction of sp³-hybridized carbons (Fsp3) is 0.556. The van der Waals surface area contributed by atoms with Crippen molar-refractivity contribution < 1.29 is 14.3 Å². The quantitative estimate of drug-likeness (QED) is 0.712. The van der Waals surface area contributed by atoms with Crippen LogP contribution in [0, 0.1) is 0 Å². The lowest BCUT2D eigenvalue weighted by atomic mass is 10.1. The summed E-state index contributed by atoms with van der Waals surface area (Å²) in [6, 6.07) is 7.06. The number of hydrogen-bond acceptors (Lipinski definition) is 3. The topological polar surface area (TPSA) is 58.6 Å². The highest BCUT2D eigenvalue weighted by molar-refractivity contribution is 5.87. The van der Waals surface area contributed by atoms with Gasteiger partial charge in [0.05, 0.1) is 7.11 Å². The zero-order valence-electron chi connectivity index (χ0n) is 14.6. The van der Waals surface area contributed by atoms with Crippen LogP contribution in [-0.2, 0) is 16.1 Å². The lowest BCUT2D eigenvalue weighted by Gasteiger charge is -2.28. The molecule has 2 amide bonds. The molecule has 5 nitrogen and oxygen atoms in total. The molecule has 1 aromatic rings. The number of rotatable bonds is 9. The van der Waals surface area contributed by atoms with E-state index in [0.717, 1.165) is 24.2 Å². The summed E-state index contributed by atoms with van der Waals surface area (Å²) < 4.78 is 5.21. The van der Waals surface area contributed by atoms with Gasteiger partial charge < -0.3 is 15.0 Å². The van der Waals surface area contributed by atoms with Crippen LogP contribution in [0.25, 0.3) is 0 Å². The van der Waals surface area contributed by atoms with Gasteiger partial charge in [-0.25, -0.2) is 0 Å². The summed E-state index contributed by atoms with van der Waals surface area (Å²) in [7, 11) is 1.61. The zero-order chi connectivity index (χ0) is 17.2. The summed E-state index contributed by atoms with van der Waals surface area (Å²) >= 11 is 0. The Kier molecular flexibility index (Phi) is 8.16. The van der Waals surface area contributed by atoms with E-state index in [-0.39, 0.29) is 11.8 Å². The van der Waals surface area contributed by atoms with E-state index in [0.29, 0.717) is 19.5 Å². The van der Waals surface area contributed by atoms with Crippen LogP contribution in [-0.4, -0.2) is 36.4 Å². The molecule has 0 aromatic heterocycles. The lowest BCUT2D eigenvalue weighted by molar-refractivity contribution is -0.140. The first-order valence-corrected chi connectivity index (χ1v) is 8.23. The molecule has 0 aliphatic rings. The fourth-order valence-corrected chi connectivity index (χ4v) is 2.29. The molecule has 23 heavy (non-hydrogen) atoms. The van der Waals surface area contributed by atoms with Crippen molar-refractivity contribution in [2.24, 2.45) is 0 Å². The van der Waals surface area contributed by atoms with Crippen LogP contribution in [0.1, 0.15) is 45.6 Å². The van der Waals surface area contributed by atoms with Gasteiger partial charge in [-0.3, -0.25) is 9.59 Å². The van der Waals surface area contributed by atoms with Crippen LogP contribution < -0.4 is 10.1 Å². The van der Waals surface area contributed by atoms with Gasteiger partial charge >= 0.3 is 0 Å². The first-order chi connectivity index (χ1) is 11.0. The predicted molar refractivity (Wildman–Crippen MR) is 91.2 cm³/mol. The molecule has 0 aliphatic heterocycles. The van der Waals surface area contributed by atoms with Gasteiger partial charge in [0.15, 0.2) is 0 Å². The minimum Gasteiger partial charge on any atom is -0.497 e. The molecule has 0 unspecified atom stereocenters. The highest BCUT2D eigenvalue weighted by atomic mass is 16.5. The molecule has 128 valence electrons. The number of nitrogens with one attached hydrogen (secondary N) is 1. The molecule has 5 heteroatoms. The summed E-state index contributed by atoms with van der Waals surface area (Å²) in [6.45, 7) is 6.70. The van der Waals surface area contributed by atoms with Crippen LogP contribution in [0.15, 0.2) is 24.3 Å². The molecule has 1 atom stereocenters. The average Bonchev–Trinajstić information content (AvgIpc) is 2.58. The van der Waals surface area contributed by atoms with Crippen molar-refractivity contribution in [2.75, 3.05) is 13.7 Å². The number of carbonyl (C=O) groups excluding carboxylic acids is 2. The van der Waals surface area contributed by atoms with Crippen molar-refractivity contribution >= 4 is 11.8 Å². The van der Waals surface area contributed by atoms with Crippen molar-refractivity contribution in [3.63, 3.8) is 0 Å². The molecule has 0 aliphatic carbocycles. The Balaban J connectivity index is 2.82. The summed E-state index contributed by atoms with van der Waals surface area (Å²) in [5, 5.41) is 2.89. The standard InChI is InChI=1S/C18H28N2O3/c1-5-7-11-19-18(22)14(3)20(17(21)6-2)13-15-9-8-10-16(12-15)23-4/h8-10,12,14H,5-7,11,13H2,1-4H3,(H,19,22)/t14-/m1/s1. The van der Waals surface area contributed by atoms with E-state index in [2.05, 4.69) is 12.2 Å². The number of methoxy groups -OCH3 is 1. The number of amides is 2. The van der Waals surface area contributed by atoms with E-state index in [1.54, 1.807) is 18.9 Å². The predicted octanol–water partition coefficient (Wildman–Crippen LogP) is 2.74. The Bertz CT molecular complexity index is 517. The number of ether oxygens (including phenoxy) is 1. The van der Waals surface area contributed by atoms with Crippen molar-refractivity contribution in [3.8, 4) is 5.75 Å². The van der Waals surface area contributed by atoms with E-state index < -0.39 is 6.04 Å². The van der Waals surface area contributed by atoms with E-state index in [4.69, 9.17) is 4.74 Å². The molecular formula is C18H28N2O3. The molecule has 0 saturated heterocycles. The molecule has 0 bridgehead atoms. The van der Waals surface area contributed by atoms with Crippen LogP contribution in [0.5, 0.6) is 5.75 Å². The van der Waals surface area contributed by atoms with Crippen molar-refractivity contribution in [1.29, 1.82) is 0 Å². The lowest BCUT2D eigenvalue weighted by Crippen LogP contribution is -2.47. The molecule has 0 heterocycles. The van der Waals surface area contributed by atoms with Crippen LogP contribution >= 0.6 is 0 Å². The van der Waals surface area contributed by atoms with Crippen LogP contribution in [0.3, 0.4) is 0 Å². The normalized spacial score (nSPS) is 11.7. The van der Waals surface area contributed by atoms with Crippen LogP contribution in [0.4, 0.5) is 0 Å². The minimum absolute atomic E-state index is 0.0361. The summed E-state index contributed by atoms with van der Waals surface area (Å²) in [5.74, 6) is 0.598. The second-order valence-electron chi connectivity index (χ2n) is 5.55. The van der Waals surface area contributed by atoms with E-state index in [9.17, 15) is 9.59 Å². The summed E-state index contributed by atoms with van der Waals surface area (Å²) in [4.78, 5) is 26.1. The zero-order valence-corrected chi connectivity index (χ0v) is 14.6. The molecule has 0 spiro atoms. The average molecular weight is 320 g/mol. The number of benzene rings is 1. The van der Waals surface area contributed by atoms with E-state index in [1.807, 2.05) is 31.2 Å². The maximum absolute atomic E-state index is 12.3. The molecule has 1 N–H and O–H groups in total. The first kappa shape index (κ1) is 19.0. The SMILES string of the molecule is CCCCNC(=O)[C@@H](C)N(Cc1cccc(OC)c1)C(=O)CC. The third-order valence-corrected chi connectivity index (χ3v) is 3.79. The Morgan fingerprint density at radius 3 is 2.65 bits per heavy atom. The van der Waals surface area contributed by atoms with Gasteiger partial charge in [-0.1, -0.05) is 32.4 Å². The number of unbranched alkanes of at least 4 members (excludes halogenated alkanes) is 1. The molecule has 1 aromatic carbocycles. The van der Waals surface area contributed by atoms with Gasteiger partial charge in [0.2, 0.25) is 11.8 Å². The second kappa shape index (κ2) is 9.87. The van der Waals surface area contributed by atoms with Gasteiger partial charge in [0, 0.05) is 19.5 Å². The number of nitrogens with zero attached hydrogens (tertiary/aromatic N) is 1. The molecule has 0 fully saturated rings. The van der Waals surface area contributed by atoms with E-state index >= 15 is 0 Å². The second-order valence-corrected chi connectivity index (χ2v) is 5.55. The first-order valence-electron chi connectivity index (χ1n) is 8.23. The minimum atomic E-state index is -0.495. The maximum atomic E-state index is 12.3. The molecule has 1 rings (SSSR count). The smallest absolute Gasteiger partial charge is 0.242 e. The molecular weight excluding hydrogens is 292 g/mol. The van der Waals surface area contributed by atoms with Crippen molar-refractivity contribution in [1.82, 2.24) is 10.2 Å².